The molecule has 1 aliphatic rings. The minimum absolute atomic E-state index is 0.00771. The average Bonchev–Trinajstić information content (AvgIpc) is 3.05. The van der Waals surface area contributed by atoms with E-state index in [1.54, 1.807) is 6.26 Å². The third kappa shape index (κ3) is 3.77. The molecule has 1 saturated heterocycles. The highest BCUT2D eigenvalue weighted by atomic mass is 16.4. The summed E-state index contributed by atoms with van der Waals surface area (Å²) in [5.41, 5.74) is 0. The quantitative estimate of drug-likeness (QED) is 0.871. The van der Waals surface area contributed by atoms with Gasteiger partial charge in [-0.1, -0.05) is 6.92 Å². The van der Waals surface area contributed by atoms with E-state index < -0.39 is 12.0 Å². The topological polar surface area (TPSA) is 82.8 Å². The molecule has 3 unspecified atom stereocenters. The molecular weight excluding hydrogens is 272 g/mol. The van der Waals surface area contributed by atoms with Crippen molar-refractivity contribution in [2.24, 2.45) is 5.92 Å². The highest BCUT2D eigenvalue weighted by Crippen LogP contribution is 2.24. The molecule has 0 bridgehead atoms. The molecule has 0 aromatic carbocycles. The van der Waals surface area contributed by atoms with Gasteiger partial charge in [0, 0.05) is 19.0 Å². The maximum Gasteiger partial charge on any atom is 0.326 e. The third-order valence-electron chi connectivity index (χ3n) is 3.99. The van der Waals surface area contributed by atoms with Crippen LogP contribution in [0.1, 0.15) is 32.4 Å². The van der Waals surface area contributed by atoms with Crippen molar-refractivity contribution in [2.45, 2.75) is 45.2 Å². The van der Waals surface area contributed by atoms with E-state index >= 15 is 0 Å². The molecule has 2 rings (SSSR count). The first kappa shape index (κ1) is 15.4. The molecule has 0 radical (unpaired) electrons. The van der Waals surface area contributed by atoms with Gasteiger partial charge in [-0.25, -0.2) is 9.59 Å². The molecule has 0 spiro atoms. The number of amides is 2. The maximum absolute atomic E-state index is 12.2. The number of carboxylic acids is 1. The average molecular weight is 294 g/mol. The number of aliphatic carboxylic acids is 1. The fourth-order valence-electron chi connectivity index (χ4n) is 2.73. The summed E-state index contributed by atoms with van der Waals surface area (Å²) in [6.07, 6.45) is 3.85. The second kappa shape index (κ2) is 6.65. The molecule has 116 valence electrons. The van der Waals surface area contributed by atoms with Crippen LogP contribution in [0, 0.1) is 5.92 Å². The number of nitrogens with zero attached hydrogens (tertiary/aromatic N) is 1. The van der Waals surface area contributed by atoms with Gasteiger partial charge in [0.15, 0.2) is 0 Å². The second-order valence-electron chi connectivity index (χ2n) is 5.71. The number of carboxylic acid groups (broad SMARTS) is 1. The summed E-state index contributed by atoms with van der Waals surface area (Å²) in [6, 6.07) is 2.69. The van der Waals surface area contributed by atoms with Crippen molar-refractivity contribution >= 4 is 12.0 Å². The number of likely N-dealkylation sites (tertiary alicyclic amines) is 1. The molecular formula is C15H22N2O4. The van der Waals surface area contributed by atoms with E-state index in [9.17, 15) is 14.7 Å². The summed E-state index contributed by atoms with van der Waals surface area (Å²) in [4.78, 5) is 24.9. The first-order valence-corrected chi connectivity index (χ1v) is 7.31. The van der Waals surface area contributed by atoms with Gasteiger partial charge in [-0.05, 0) is 37.8 Å². The van der Waals surface area contributed by atoms with E-state index in [4.69, 9.17) is 4.42 Å². The predicted octanol–water partition coefficient (Wildman–Crippen LogP) is 2.11. The smallest absolute Gasteiger partial charge is 0.326 e. The lowest BCUT2D eigenvalue weighted by atomic mass is 10.0. The number of hydrogen-bond donors (Lipinski definition) is 2. The van der Waals surface area contributed by atoms with Crippen LogP contribution < -0.4 is 5.32 Å². The Kier molecular flexibility index (Phi) is 4.88. The van der Waals surface area contributed by atoms with Crippen molar-refractivity contribution in [1.29, 1.82) is 0 Å². The molecule has 1 aromatic heterocycles. The standard InChI is InChI=1S/C15H22N2O4/c1-10-7-8-17(13(10)14(18)19)15(20)16-11(2)5-6-12-4-3-9-21-12/h3-4,9-11,13H,5-8H2,1-2H3,(H,16,20)(H,18,19). The molecule has 6 nitrogen and oxygen atoms in total. The molecule has 2 N–H and O–H groups in total. The largest absolute Gasteiger partial charge is 0.480 e. The van der Waals surface area contributed by atoms with E-state index in [0.717, 1.165) is 25.0 Å². The van der Waals surface area contributed by atoms with Crippen molar-refractivity contribution < 1.29 is 19.1 Å². The lowest BCUT2D eigenvalue weighted by molar-refractivity contribution is -0.142. The molecule has 2 heterocycles. The van der Waals surface area contributed by atoms with E-state index in [1.807, 2.05) is 26.0 Å². The Balaban J connectivity index is 1.84. The maximum atomic E-state index is 12.2. The minimum atomic E-state index is -0.932. The van der Waals surface area contributed by atoms with E-state index in [1.165, 1.54) is 4.90 Å². The first-order chi connectivity index (χ1) is 9.99. The summed E-state index contributed by atoms with van der Waals surface area (Å²) < 4.78 is 5.25. The Bertz CT molecular complexity index is 486. The number of carbonyl (C=O) groups excluding carboxylic acids is 1. The summed E-state index contributed by atoms with van der Waals surface area (Å²) in [5.74, 6) is -0.0561. The van der Waals surface area contributed by atoms with Crippen LogP contribution in [-0.2, 0) is 11.2 Å². The van der Waals surface area contributed by atoms with Gasteiger partial charge in [0.1, 0.15) is 11.8 Å². The number of furan rings is 1. The van der Waals surface area contributed by atoms with Crippen LogP contribution in [0.2, 0.25) is 0 Å². The summed E-state index contributed by atoms with van der Waals surface area (Å²) in [5, 5.41) is 12.1. The third-order valence-corrected chi connectivity index (χ3v) is 3.99. The van der Waals surface area contributed by atoms with Gasteiger partial charge in [0.25, 0.3) is 0 Å². The Hall–Kier alpha value is -1.98. The SMILES string of the molecule is CC(CCc1ccco1)NC(=O)N1CCC(C)C1C(=O)O. The molecule has 3 atom stereocenters. The van der Waals surface area contributed by atoms with Crippen molar-refractivity contribution in [1.82, 2.24) is 10.2 Å². The molecule has 0 saturated carbocycles. The van der Waals surface area contributed by atoms with Gasteiger partial charge < -0.3 is 19.7 Å². The Morgan fingerprint density at radius 1 is 1.57 bits per heavy atom. The zero-order valence-corrected chi connectivity index (χ0v) is 12.4. The van der Waals surface area contributed by atoms with Gasteiger partial charge in [-0.3, -0.25) is 0 Å². The normalized spacial score (nSPS) is 23.0. The highest BCUT2D eigenvalue weighted by molar-refractivity contribution is 5.83. The Morgan fingerprint density at radius 3 is 2.95 bits per heavy atom. The van der Waals surface area contributed by atoms with Crippen molar-refractivity contribution in [3.05, 3.63) is 24.2 Å². The van der Waals surface area contributed by atoms with Gasteiger partial charge in [0.2, 0.25) is 0 Å². The molecule has 2 amide bonds. The van der Waals surface area contributed by atoms with Crippen molar-refractivity contribution in [2.75, 3.05) is 6.54 Å². The molecule has 1 fully saturated rings. The lowest BCUT2D eigenvalue weighted by Gasteiger charge is -2.25. The van der Waals surface area contributed by atoms with Crippen molar-refractivity contribution in [3.8, 4) is 0 Å². The highest BCUT2D eigenvalue weighted by Gasteiger charge is 2.39. The van der Waals surface area contributed by atoms with Gasteiger partial charge in [-0.2, -0.15) is 0 Å². The van der Waals surface area contributed by atoms with Crippen LogP contribution in [0.25, 0.3) is 0 Å². The minimum Gasteiger partial charge on any atom is -0.480 e. The zero-order chi connectivity index (χ0) is 15.4. The van der Waals surface area contributed by atoms with Gasteiger partial charge >= 0.3 is 12.0 Å². The fraction of sp³-hybridized carbons (Fsp3) is 0.600. The Labute approximate surface area is 124 Å². The number of nitrogens with one attached hydrogen (secondary N) is 1. The fourth-order valence-corrected chi connectivity index (χ4v) is 2.73. The summed E-state index contributed by atoms with van der Waals surface area (Å²) >= 11 is 0. The Morgan fingerprint density at radius 2 is 2.33 bits per heavy atom. The zero-order valence-electron chi connectivity index (χ0n) is 12.4. The summed E-state index contributed by atoms with van der Waals surface area (Å²) in [7, 11) is 0. The number of hydrogen-bond acceptors (Lipinski definition) is 3. The van der Waals surface area contributed by atoms with E-state index in [0.29, 0.717) is 6.54 Å². The monoisotopic (exact) mass is 294 g/mol. The molecule has 1 aliphatic heterocycles. The molecule has 6 heteroatoms. The predicted molar refractivity (Wildman–Crippen MR) is 76.9 cm³/mol. The van der Waals surface area contributed by atoms with Gasteiger partial charge in [-0.15, -0.1) is 0 Å². The van der Waals surface area contributed by atoms with E-state index in [2.05, 4.69) is 5.32 Å². The van der Waals surface area contributed by atoms with Crippen LogP contribution >= 0.6 is 0 Å². The molecule has 21 heavy (non-hydrogen) atoms. The van der Waals surface area contributed by atoms with Crippen LogP contribution in [-0.4, -0.2) is 40.6 Å². The lowest BCUT2D eigenvalue weighted by Crippen LogP contribution is -2.49. The molecule has 0 aliphatic carbocycles. The van der Waals surface area contributed by atoms with Crippen LogP contribution in [0.5, 0.6) is 0 Å². The second-order valence-corrected chi connectivity index (χ2v) is 5.71. The van der Waals surface area contributed by atoms with E-state index in [-0.39, 0.29) is 18.0 Å². The first-order valence-electron chi connectivity index (χ1n) is 7.31. The van der Waals surface area contributed by atoms with Crippen LogP contribution in [0.3, 0.4) is 0 Å². The number of urea groups is 1. The number of aryl methyl sites for hydroxylation is 1. The molecule has 1 aromatic rings. The van der Waals surface area contributed by atoms with Crippen LogP contribution in [0.4, 0.5) is 4.79 Å². The van der Waals surface area contributed by atoms with Gasteiger partial charge in [0.05, 0.1) is 6.26 Å². The number of carbonyl (C=O) groups is 2. The van der Waals surface area contributed by atoms with Crippen molar-refractivity contribution in [3.63, 3.8) is 0 Å². The summed E-state index contributed by atoms with van der Waals surface area (Å²) in [6.45, 7) is 4.28. The van der Waals surface area contributed by atoms with Crippen LogP contribution in [0.15, 0.2) is 22.8 Å². The number of rotatable bonds is 5.